The normalized spacial score (nSPS) is 26.3. The molecule has 19 heavy (non-hydrogen) atoms. The van der Waals surface area contributed by atoms with Gasteiger partial charge in [0.05, 0.1) is 0 Å². The van der Waals surface area contributed by atoms with Crippen molar-refractivity contribution in [3.8, 4) is 0 Å². The number of rotatable bonds is 4. The minimum absolute atomic E-state index is 0.453. The quantitative estimate of drug-likeness (QED) is 0.901. The van der Waals surface area contributed by atoms with E-state index in [0.29, 0.717) is 18.1 Å². The summed E-state index contributed by atoms with van der Waals surface area (Å²) < 4.78 is 0. The maximum Gasteiger partial charge on any atom is 0.0406 e. The second-order valence-corrected chi connectivity index (χ2v) is 6.10. The molecule has 3 heteroatoms. The zero-order valence-electron chi connectivity index (χ0n) is 12.2. The summed E-state index contributed by atoms with van der Waals surface area (Å²) in [5, 5.41) is 4.47. The monoisotopic (exact) mass is 280 g/mol. The number of hydrogen-bond acceptors (Lipinski definition) is 2. The van der Waals surface area contributed by atoms with Gasteiger partial charge in [-0.25, -0.2) is 0 Å². The SMILES string of the molecule is CCCC1CN(C(C)c2ccc(Cl)cc2)C(C)CN1. The highest BCUT2D eigenvalue weighted by Gasteiger charge is 2.28. The molecule has 0 amide bonds. The summed E-state index contributed by atoms with van der Waals surface area (Å²) in [6.45, 7) is 9.09. The van der Waals surface area contributed by atoms with Crippen LogP contribution in [0.4, 0.5) is 0 Å². The lowest BCUT2D eigenvalue weighted by molar-refractivity contribution is 0.0959. The summed E-state index contributed by atoms with van der Waals surface area (Å²) >= 11 is 5.97. The zero-order valence-corrected chi connectivity index (χ0v) is 13.0. The van der Waals surface area contributed by atoms with Gasteiger partial charge in [-0.05, 0) is 38.0 Å². The van der Waals surface area contributed by atoms with Crippen LogP contribution in [0.1, 0.15) is 45.2 Å². The molecule has 1 aliphatic heterocycles. The maximum absolute atomic E-state index is 5.97. The fraction of sp³-hybridized carbons (Fsp3) is 0.625. The van der Waals surface area contributed by atoms with E-state index in [0.717, 1.165) is 18.1 Å². The third-order valence-corrected chi connectivity index (χ3v) is 4.44. The molecule has 3 unspecified atom stereocenters. The second kappa shape index (κ2) is 6.74. The number of benzene rings is 1. The summed E-state index contributed by atoms with van der Waals surface area (Å²) in [7, 11) is 0. The first-order valence-corrected chi connectivity index (χ1v) is 7.74. The van der Waals surface area contributed by atoms with E-state index in [4.69, 9.17) is 11.6 Å². The third kappa shape index (κ3) is 3.71. The van der Waals surface area contributed by atoms with Crippen molar-refractivity contribution in [1.29, 1.82) is 0 Å². The van der Waals surface area contributed by atoms with Gasteiger partial charge in [-0.15, -0.1) is 0 Å². The molecular formula is C16H25ClN2. The number of hydrogen-bond donors (Lipinski definition) is 1. The summed E-state index contributed by atoms with van der Waals surface area (Å²) in [6, 6.07) is 9.95. The molecular weight excluding hydrogens is 256 g/mol. The van der Waals surface area contributed by atoms with Crippen molar-refractivity contribution in [2.24, 2.45) is 0 Å². The van der Waals surface area contributed by atoms with E-state index in [1.165, 1.54) is 18.4 Å². The summed E-state index contributed by atoms with van der Waals surface area (Å²) in [5.41, 5.74) is 1.35. The van der Waals surface area contributed by atoms with Crippen LogP contribution in [-0.2, 0) is 0 Å². The Labute approximate surface area is 122 Å². The first-order valence-electron chi connectivity index (χ1n) is 7.36. The largest absolute Gasteiger partial charge is 0.311 e. The van der Waals surface area contributed by atoms with Gasteiger partial charge in [-0.2, -0.15) is 0 Å². The molecule has 3 atom stereocenters. The molecule has 1 aromatic rings. The standard InChI is InChI=1S/C16H25ClN2/c1-4-5-16-11-19(12(2)10-18-16)13(3)14-6-8-15(17)9-7-14/h6-9,12-13,16,18H,4-5,10-11H2,1-3H3. The van der Waals surface area contributed by atoms with Crippen molar-refractivity contribution in [2.45, 2.75) is 51.7 Å². The van der Waals surface area contributed by atoms with Gasteiger partial charge in [0.25, 0.3) is 0 Å². The van der Waals surface area contributed by atoms with Gasteiger partial charge < -0.3 is 5.32 Å². The molecule has 1 heterocycles. The Hall–Kier alpha value is -0.570. The van der Waals surface area contributed by atoms with Crippen molar-refractivity contribution >= 4 is 11.6 Å². The van der Waals surface area contributed by atoms with Crippen LogP contribution in [0.25, 0.3) is 0 Å². The Morgan fingerprint density at radius 2 is 2.05 bits per heavy atom. The lowest BCUT2D eigenvalue weighted by Gasteiger charge is -2.42. The van der Waals surface area contributed by atoms with Gasteiger partial charge in [0.1, 0.15) is 0 Å². The first kappa shape index (κ1) is 14.8. The highest BCUT2D eigenvalue weighted by molar-refractivity contribution is 6.30. The molecule has 0 aromatic heterocycles. The number of halogens is 1. The van der Waals surface area contributed by atoms with Crippen LogP contribution in [0.3, 0.4) is 0 Å². The molecule has 2 rings (SSSR count). The van der Waals surface area contributed by atoms with Crippen LogP contribution in [0.15, 0.2) is 24.3 Å². The van der Waals surface area contributed by atoms with Gasteiger partial charge >= 0.3 is 0 Å². The van der Waals surface area contributed by atoms with E-state index >= 15 is 0 Å². The minimum Gasteiger partial charge on any atom is -0.311 e. The van der Waals surface area contributed by atoms with Crippen LogP contribution >= 0.6 is 11.6 Å². The van der Waals surface area contributed by atoms with E-state index in [9.17, 15) is 0 Å². The molecule has 0 aliphatic carbocycles. The lowest BCUT2D eigenvalue weighted by atomic mass is 10.00. The predicted octanol–water partition coefficient (Wildman–Crippen LogP) is 3.86. The predicted molar refractivity (Wildman–Crippen MR) is 82.7 cm³/mol. The molecule has 0 saturated carbocycles. The molecule has 1 aromatic carbocycles. The summed E-state index contributed by atoms with van der Waals surface area (Å²) in [4.78, 5) is 2.61. The maximum atomic E-state index is 5.97. The highest BCUT2D eigenvalue weighted by atomic mass is 35.5. The van der Waals surface area contributed by atoms with Crippen molar-refractivity contribution < 1.29 is 0 Å². The molecule has 1 saturated heterocycles. The van der Waals surface area contributed by atoms with E-state index in [1.807, 2.05) is 12.1 Å². The molecule has 1 N–H and O–H groups in total. The van der Waals surface area contributed by atoms with Crippen LogP contribution < -0.4 is 5.32 Å². The van der Waals surface area contributed by atoms with Crippen molar-refractivity contribution in [3.05, 3.63) is 34.9 Å². The van der Waals surface area contributed by atoms with Crippen molar-refractivity contribution in [3.63, 3.8) is 0 Å². The van der Waals surface area contributed by atoms with E-state index in [2.05, 4.69) is 43.1 Å². The van der Waals surface area contributed by atoms with Crippen molar-refractivity contribution in [2.75, 3.05) is 13.1 Å². The lowest BCUT2D eigenvalue weighted by Crippen LogP contribution is -2.55. The molecule has 2 nitrogen and oxygen atoms in total. The molecule has 0 radical (unpaired) electrons. The Morgan fingerprint density at radius 1 is 1.37 bits per heavy atom. The average molecular weight is 281 g/mol. The van der Waals surface area contributed by atoms with E-state index < -0.39 is 0 Å². The fourth-order valence-corrected chi connectivity index (χ4v) is 3.09. The van der Waals surface area contributed by atoms with Crippen LogP contribution in [-0.4, -0.2) is 30.1 Å². The van der Waals surface area contributed by atoms with Gasteiger partial charge in [-0.3, -0.25) is 4.90 Å². The minimum atomic E-state index is 0.453. The zero-order chi connectivity index (χ0) is 13.8. The highest BCUT2D eigenvalue weighted by Crippen LogP contribution is 2.26. The Kier molecular flexibility index (Phi) is 5.26. The molecule has 0 spiro atoms. The van der Waals surface area contributed by atoms with Crippen molar-refractivity contribution in [1.82, 2.24) is 10.2 Å². The third-order valence-electron chi connectivity index (χ3n) is 4.19. The van der Waals surface area contributed by atoms with Crippen LogP contribution in [0.2, 0.25) is 5.02 Å². The van der Waals surface area contributed by atoms with Gasteiger partial charge in [0, 0.05) is 36.2 Å². The molecule has 0 bridgehead atoms. The second-order valence-electron chi connectivity index (χ2n) is 5.67. The average Bonchev–Trinajstić information content (AvgIpc) is 2.41. The first-order chi connectivity index (χ1) is 9.11. The van der Waals surface area contributed by atoms with Crippen LogP contribution in [0, 0.1) is 0 Å². The summed E-state index contributed by atoms with van der Waals surface area (Å²) in [5.74, 6) is 0. The number of nitrogens with one attached hydrogen (secondary N) is 1. The Bertz CT molecular complexity index is 390. The number of piperazine rings is 1. The Morgan fingerprint density at radius 3 is 2.68 bits per heavy atom. The van der Waals surface area contributed by atoms with Gasteiger partial charge in [0.2, 0.25) is 0 Å². The smallest absolute Gasteiger partial charge is 0.0406 e. The Balaban J connectivity index is 2.07. The van der Waals surface area contributed by atoms with Crippen LogP contribution in [0.5, 0.6) is 0 Å². The molecule has 1 fully saturated rings. The molecule has 1 aliphatic rings. The van der Waals surface area contributed by atoms with Gasteiger partial charge in [-0.1, -0.05) is 37.1 Å². The van der Waals surface area contributed by atoms with E-state index in [-0.39, 0.29) is 0 Å². The van der Waals surface area contributed by atoms with E-state index in [1.54, 1.807) is 0 Å². The fourth-order valence-electron chi connectivity index (χ4n) is 2.97. The summed E-state index contributed by atoms with van der Waals surface area (Å²) in [6.07, 6.45) is 2.51. The topological polar surface area (TPSA) is 15.3 Å². The number of nitrogens with zero attached hydrogens (tertiary/aromatic N) is 1. The molecule has 106 valence electrons. The van der Waals surface area contributed by atoms with Gasteiger partial charge in [0.15, 0.2) is 0 Å².